The van der Waals surface area contributed by atoms with Gasteiger partial charge in [0.15, 0.2) is 0 Å². The summed E-state index contributed by atoms with van der Waals surface area (Å²) in [5.74, 6) is 0.919. The number of Topliss-reactive ketones (excluding diaryl/α,β-unsaturated/α-hetero) is 1. The van der Waals surface area contributed by atoms with Crippen molar-refractivity contribution >= 4 is 17.5 Å². The Labute approximate surface area is 72.9 Å². The molecule has 0 saturated carbocycles. The van der Waals surface area contributed by atoms with Crippen molar-refractivity contribution in [3.63, 3.8) is 0 Å². The van der Waals surface area contributed by atoms with Gasteiger partial charge in [-0.25, -0.2) is 0 Å². The highest BCUT2D eigenvalue weighted by Crippen LogP contribution is 2.10. The predicted molar refractivity (Wildman–Crippen MR) is 50.9 cm³/mol. The Morgan fingerprint density at radius 2 is 2.09 bits per heavy atom. The summed E-state index contributed by atoms with van der Waals surface area (Å²) in [5, 5.41) is 0.561. The van der Waals surface area contributed by atoms with E-state index in [1.54, 1.807) is 11.8 Å². The fourth-order valence-electron chi connectivity index (χ4n) is 0.651. The molecule has 1 atom stereocenters. The van der Waals surface area contributed by atoms with Gasteiger partial charge in [-0.3, -0.25) is 4.79 Å². The Morgan fingerprint density at radius 1 is 1.55 bits per heavy atom. The number of hydrogen-bond acceptors (Lipinski definition) is 3. The highest BCUT2D eigenvalue weighted by atomic mass is 32.2. The number of nitrogens with two attached hydrogens (primary N) is 1. The van der Waals surface area contributed by atoms with Gasteiger partial charge in [0.05, 0.1) is 6.04 Å². The topological polar surface area (TPSA) is 43.1 Å². The number of carbonyl (C=O) groups excluding carboxylic acids is 1. The molecule has 0 heterocycles. The molecule has 0 bridgehead atoms. The zero-order chi connectivity index (χ0) is 8.85. The van der Waals surface area contributed by atoms with E-state index in [-0.39, 0.29) is 11.8 Å². The summed E-state index contributed by atoms with van der Waals surface area (Å²) in [7, 11) is 0. The molecule has 0 rings (SSSR count). The van der Waals surface area contributed by atoms with Gasteiger partial charge < -0.3 is 5.73 Å². The van der Waals surface area contributed by atoms with Gasteiger partial charge in [0.1, 0.15) is 5.78 Å². The second kappa shape index (κ2) is 5.61. The third-order valence-electron chi connectivity index (χ3n) is 1.37. The minimum Gasteiger partial charge on any atom is -0.321 e. The normalized spacial score (nSPS) is 13.5. The molecule has 0 aliphatic rings. The van der Waals surface area contributed by atoms with Crippen molar-refractivity contribution in [1.82, 2.24) is 0 Å². The van der Waals surface area contributed by atoms with E-state index < -0.39 is 0 Å². The Kier molecular flexibility index (Phi) is 5.60. The molecule has 11 heavy (non-hydrogen) atoms. The lowest BCUT2D eigenvalue weighted by Crippen LogP contribution is -2.32. The molecule has 0 aromatic carbocycles. The van der Waals surface area contributed by atoms with Crippen molar-refractivity contribution in [3.05, 3.63) is 0 Å². The molecule has 0 aromatic rings. The monoisotopic (exact) mass is 175 g/mol. The fraction of sp³-hybridized carbons (Fsp3) is 0.875. The number of rotatable bonds is 5. The average Bonchev–Trinajstić information content (AvgIpc) is 1.98. The molecule has 3 heteroatoms. The van der Waals surface area contributed by atoms with Crippen LogP contribution in [0.25, 0.3) is 0 Å². The first-order valence-electron chi connectivity index (χ1n) is 3.97. The van der Waals surface area contributed by atoms with Crippen LogP contribution < -0.4 is 5.73 Å². The van der Waals surface area contributed by atoms with Crippen LogP contribution in [0.5, 0.6) is 0 Å². The number of ketones is 1. The summed E-state index contributed by atoms with van der Waals surface area (Å²) in [6.45, 7) is 6.06. The summed E-state index contributed by atoms with van der Waals surface area (Å²) in [4.78, 5) is 11.0. The summed E-state index contributed by atoms with van der Waals surface area (Å²) in [6, 6.07) is -0.257. The first kappa shape index (κ1) is 11.0. The maximum Gasteiger partial charge on any atom is 0.150 e. The zero-order valence-corrected chi connectivity index (χ0v) is 8.28. The molecule has 66 valence electrons. The quantitative estimate of drug-likeness (QED) is 0.687. The van der Waals surface area contributed by atoms with E-state index in [0.717, 1.165) is 5.75 Å². The summed E-state index contributed by atoms with van der Waals surface area (Å²) in [6.07, 6.45) is 0.555. The molecule has 0 radical (unpaired) electrons. The lowest BCUT2D eigenvalue weighted by atomic mass is 10.2. The highest BCUT2D eigenvalue weighted by Gasteiger charge is 2.11. The van der Waals surface area contributed by atoms with Crippen molar-refractivity contribution in [2.45, 2.75) is 38.5 Å². The Bertz CT molecular complexity index is 125. The van der Waals surface area contributed by atoms with Gasteiger partial charge in [-0.2, -0.15) is 11.8 Å². The summed E-state index contributed by atoms with van der Waals surface area (Å²) in [5.41, 5.74) is 5.61. The summed E-state index contributed by atoms with van der Waals surface area (Å²) >= 11 is 1.74. The Hall–Kier alpha value is -0.0200. The number of hydrogen-bond donors (Lipinski definition) is 1. The van der Waals surface area contributed by atoms with Crippen LogP contribution in [0.4, 0.5) is 0 Å². The largest absolute Gasteiger partial charge is 0.321 e. The van der Waals surface area contributed by atoms with Crippen LogP contribution in [0.15, 0.2) is 0 Å². The van der Waals surface area contributed by atoms with E-state index >= 15 is 0 Å². The van der Waals surface area contributed by atoms with Gasteiger partial charge in [0.25, 0.3) is 0 Å². The number of thioether (sulfide) groups is 1. The van der Waals surface area contributed by atoms with Crippen LogP contribution in [0.1, 0.15) is 27.2 Å². The molecule has 0 amide bonds. The van der Waals surface area contributed by atoms with Crippen LogP contribution in [-0.2, 0) is 4.79 Å². The SMILES string of the molecule is CCC(=O)[C@H](N)CSC(C)C. The molecule has 2 N–H and O–H groups in total. The molecular formula is C8H17NOS. The average molecular weight is 175 g/mol. The minimum absolute atomic E-state index is 0.165. The van der Waals surface area contributed by atoms with Gasteiger partial charge in [-0.05, 0) is 5.25 Å². The van der Waals surface area contributed by atoms with Crippen LogP contribution in [-0.4, -0.2) is 22.8 Å². The second-order valence-electron chi connectivity index (χ2n) is 2.81. The third kappa shape index (κ3) is 5.27. The van der Waals surface area contributed by atoms with Crippen LogP contribution in [0, 0.1) is 0 Å². The standard InChI is InChI=1S/C8H17NOS/c1-4-8(10)7(9)5-11-6(2)3/h6-7H,4-5,9H2,1-3H3/t7-/m1/s1. The predicted octanol–water partition coefficient (Wildman–Crippen LogP) is 1.43. The molecule has 0 unspecified atom stereocenters. The zero-order valence-electron chi connectivity index (χ0n) is 7.46. The lowest BCUT2D eigenvalue weighted by Gasteiger charge is -2.10. The maximum absolute atomic E-state index is 11.0. The fourth-order valence-corrected chi connectivity index (χ4v) is 1.43. The minimum atomic E-state index is -0.257. The van der Waals surface area contributed by atoms with Gasteiger partial charge in [0, 0.05) is 12.2 Å². The van der Waals surface area contributed by atoms with E-state index in [4.69, 9.17) is 5.73 Å². The van der Waals surface area contributed by atoms with E-state index in [9.17, 15) is 4.79 Å². The van der Waals surface area contributed by atoms with E-state index in [2.05, 4.69) is 13.8 Å². The van der Waals surface area contributed by atoms with Gasteiger partial charge in [0.2, 0.25) is 0 Å². The lowest BCUT2D eigenvalue weighted by molar-refractivity contribution is -0.119. The number of carbonyl (C=O) groups is 1. The van der Waals surface area contributed by atoms with Gasteiger partial charge >= 0.3 is 0 Å². The molecule has 2 nitrogen and oxygen atoms in total. The van der Waals surface area contributed by atoms with Crippen LogP contribution >= 0.6 is 11.8 Å². The van der Waals surface area contributed by atoms with Gasteiger partial charge in [-0.15, -0.1) is 0 Å². The van der Waals surface area contributed by atoms with Crippen molar-refractivity contribution in [2.75, 3.05) is 5.75 Å². The Balaban J connectivity index is 3.52. The van der Waals surface area contributed by atoms with Crippen LogP contribution in [0.2, 0.25) is 0 Å². The molecule has 0 aliphatic heterocycles. The van der Waals surface area contributed by atoms with Crippen molar-refractivity contribution < 1.29 is 4.79 Å². The molecule has 0 saturated heterocycles. The van der Waals surface area contributed by atoms with E-state index in [0.29, 0.717) is 11.7 Å². The van der Waals surface area contributed by atoms with E-state index in [1.165, 1.54) is 0 Å². The first-order valence-corrected chi connectivity index (χ1v) is 5.02. The third-order valence-corrected chi connectivity index (χ3v) is 2.59. The molecule has 0 aliphatic carbocycles. The second-order valence-corrected chi connectivity index (χ2v) is 4.42. The molecule has 0 fully saturated rings. The van der Waals surface area contributed by atoms with Crippen LogP contribution in [0.3, 0.4) is 0 Å². The molecule has 0 spiro atoms. The van der Waals surface area contributed by atoms with Crippen molar-refractivity contribution in [3.8, 4) is 0 Å². The van der Waals surface area contributed by atoms with Gasteiger partial charge in [-0.1, -0.05) is 20.8 Å². The first-order chi connectivity index (χ1) is 5.07. The van der Waals surface area contributed by atoms with E-state index in [1.807, 2.05) is 6.92 Å². The maximum atomic E-state index is 11.0. The van der Waals surface area contributed by atoms with Crippen molar-refractivity contribution in [1.29, 1.82) is 0 Å². The van der Waals surface area contributed by atoms with Crippen molar-refractivity contribution in [2.24, 2.45) is 5.73 Å². The molecular weight excluding hydrogens is 158 g/mol. The summed E-state index contributed by atoms with van der Waals surface area (Å²) < 4.78 is 0. The smallest absolute Gasteiger partial charge is 0.150 e. The Morgan fingerprint density at radius 3 is 2.45 bits per heavy atom. The molecule has 0 aromatic heterocycles. The highest BCUT2D eigenvalue weighted by molar-refractivity contribution is 7.99.